The van der Waals surface area contributed by atoms with Crippen molar-refractivity contribution < 1.29 is 19.2 Å². The van der Waals surface area contributed by atoms with Gasteiger partial charge in [-0.2, -0.15) is 0 Å². The third kappa shape index (κ3) is 2.97. The standard InChI is InChI=1S/C22H26N4O4/c1-25(22-7-6-14(9-22)10-23-12-22)11-13-2-3-15-16(8-13)21(30)26(20(15)29)17-4-5-18(27)24-19(17)28/h2-3,8,14,17,23H,4-7,9-12H2,1H3,(H,24,27,28). The zero-order chi connectivity index (χ0) is 21.0. The summed E-state index contributed by atoms with van der Waals surface area (Å²) in [5, 5.41) is 5.78. The molecule has 3 heterocycles. The molecule has 3 fully saturated rings. The molecule has 1 saturated carbocycles. The molecule has 5 rings (SSSR count). The summed E-state index contributed by atoms with van der Waals surface area (Å²) < 4.78 is 0. The SMILES string of the molecule is CN(Cc1ccc2c(c1)C(=O)N(C1CCC(=O)NC1=O)C2=O)C12CCC(CNC1)C2. The van der Waals surface area contributed by atoms with Crippen LogP contribution in [0.4, 0.5) is 0 Å². The Morgan fingerprint density at radius 2 is 1.93 bits per heavy atom. The molecule has 1 aliphatic carbocycles. The van der Waals surface area contributed by atoms with Gasteiger partial charge in [0.05, 0.1) is 11.1 Å². The molecule has 4 amide bonds. The van der Waals surface area contributed by atoms with E-state index >= 15 is 0 Å². The summed E-state index contributed by atoms with van der Waals surface area (Å²) in [4.78, 5) is 52.9. The lowest BCUT2D eigenvalue weighted by molar-refractivity contribution is -0.136. The molecule has 0 aromatic heterocycles. The van der Waals surface area contributed by atoms with Crippen molar-refractivity contribution in [3.05, 3.63) is 34.9 Å². The van der Waals surface area contributed by atoms with Crippen LogP contribution in [0.1, 0.15) is 58.4 Å². The number of nitrogens with one attached hydrogen (secondary N) is 2. The van der Waals surface area contributed by atoms with Crippen LogP contribution in [0.2, 0.25) is 0 Å². The average molecular weight is 410 g/mol. The lowest BCUT2D eigenvalue weighted by atomic mass is 9.90. The molecule has 2 N–H and O–H groups in total. The number of imide groups is 2. The van der Waals surface area contributed by atoms with E-state index in [0.29, 0.717) is 17.7 Å². The lowest BCUT2D eigenvalue weighted by Crippen LogP contribution is -2.54. The highest BCUT2D eigenvalue weighted by atomic mass is 16.2. The van der Waals surface area contributed by atoms with Gasteiger partial charge in [-0.15, -0.1) is 0 Å². The van der Waals surface area contributed by atoms with Crippen LogP contribution in [0.15, 0.2) is 18.2 Å². The van der Waals surface area contributed by atoms with Crippen molar-refractivity contribution in [1.82, 2.24) is 20.4 Å². The van der Waals surface area contributed by atoms with E-state index in [1.54, 1.807) is 12.1 Å². The molecule has 0 radical (unpaired) electrons. The van der Waals surface area contributed by atoms with Crippen LogP contribution in [0.5, 0.6) is 0 Å². The van der Waals surface area contributed by atoms with Crippen LogP contribution < -0.4 is 10.6 Å². The summed E-state index contributed by atoms with van der Waals surface area (Å²) in [5.74, 6) is -1.13. The van der Waals surface area contributed by atoms with Gasteiger partial charge >= 0.3 is 0 Å². The Hall–Kier alpha value is -2.58. The number of hydrogen-bond donors (Lipinski definition) is 2. The van der Waals surface area contributed by atoms with Gasteiger partial charge in [-0.3, -0.25) is 34.3 Å². The molecule has 1 aromatic carbocycles. The van der Waals surface area contributed by atoms with Crippen LogP contribution in [-0.4, -0.2) is 65.1 Å². The zero-order valence-corrected chi connectivity index (χ0v) is 17.1. The first kappa shape index (κ1) is 19.4. The topological polar surface area (TPSA) is 98.8 Å². The normalized spacial score (nSPS) is 30.8. The van der Waals surface area contributed by atoms with Gasteiger partial charge in [0.2, 0.25) is 11.8 Å². The van der Waals surface area contributed by atoms with Gasteiger partial charge in [0.1, 0.15) is 6.04 Å². The van der Waals surface area contributed by atoms with Crippen molar-refractivity contribution in [3.8, 4) is 0 Å². The summed E-state index contributed by atoms with van der Waals surface area (Å²) in [6.07, 6.45) is 3.91. The summed E-state index contributed by atoms with van der Waals surface area (Å²) in [6.45, 7) is 2.77. The van der Waals surface area contributed by atoms with Crippen LogP contribution in [0.3, 0.4) is 0 Å². The van der Waals surface area contributed by atoms with Gasteiger partial charge in [0.25, 0.3) is 11.8 Å². The molecule has 30 heavy (non-hydrogen) atoms. The third-order valence-electron chi connectivity index (χ3n) is 7.31. The van der Waals surface area contributed by atoms with Crippen molar-refractivity contribution >= 4 is 23.6 Å². The second-order valence-corrected chi connectivity index (χ2v) is 9.15. The van der Waals surface area contributed by atoms with E-state index in [-0.39, 0.29) is 24.3 Å². The molecular formula is C22H26N4O4. The molecule has 158 valence electrons. The molecule has 3 atom stereocenters. The van der Waals surface area contributed by atoms with Gasteiger partial charge in [-0.1, -0.05) is 6.07 Å². The number of hydrogen-bond acceptors (Lipinski definition) is 6. The fourth-order valence-electron chi connectivity index (χ4n) is 5.60. The monoisotopic (exact) mass is 410 g/mol. The average Bonchev–Trinajstić information content (AvgIpc) is 3.16. The first-order valence-electron chi connectivity index (χ1n) is 10.6. The first-order chi connectivity index (χ1) is 14.4. The highest BCUT2D eigenvalue weighted by molar-refractivity contribution is 6.23. The van der Waals surface area contributed by atoms with Gasteiger partial charge < -0.3 is 5.32 Å². The van der Waals surface area contributed by atoms with E-state index in [2.05, 4.69) is 22.6 Å². The number of likely N-dealkylation sites (N-methyl/N-ethyl adjacent to an activating group) is 1. The van der Waals surface area contributed by atoms with Crippen molar-refractivity contribution in [1.29, 1.82) is 0 Å². The predicted molar refractivity (Wildman–Crippen MR) is 108 cm³/mol. The van der Waals surface area contributed by atoms with E-state index < -0.39 is 23.8 Å². The molecule has 4 aliphatic rings. The summed E-state index contributed by atoms with van der Waals surface area (Å²) >= 11 is 0. The highest BCUT2D eigenvalue weighted by Crippen LogP contribution is 2.41. The van der Waals surface area contributed by atoms with E-state index in [0.717, 1.165) is 29.5 Å². The van der Waals surface area contributed by atoms with E-state index in [9.17, 15) is 19.2 Å². The van der Waals surface area contributed by atoms with Crippen LogP contribution in [0, 0.1) is 5.92 Å². The maximum Gasteiger partial charge on any atom is 0.262 e. The van der Waals surface area contributed by atoms with Crippen LogP contribution in [-0.2, 0) is 16.1 Å². The second-order valence-electron chi connectivity index (χ2n) is 9.15. The van der Waals surface area contributed by atoms with Crippen molar-refractivity contribution in [2.75, 3.05) is 20.1 Å². The quantitative estimate of drug-likeness (QED) is 0.708. The highest BCUT2D eigenvalue weighted by Gasteiger charge is 2.46. The smallest absolute Gasteiger partial charge is 0.262 e. The minimum absolute atomic E-state index is 0.122. The molecule has 3 aliphatic heterocycles. The van der Waals surface area contributed by atoms with E-state index in [1.807, 2.05) is 6.07 Å². The number of benzene rings is 1. The Labute approximate surface area is 175 Å². The molecular weight excluding hydrogens is 384 g/mol. The fraction of sp³-hybridized carbons (Fsp3) is 0.545. The molecule has 2 saturated heterocycles. The summed E-state index contributed by atoms with van der Waals surface area (Å²) in [5.41, 5.74) is 1.81. The van der Waals surface area contributed by atoms with Gasteiger partial charge in [0.15, 0.2) is 0 Å². The number of carbonyl (C=O) groups excluding carboxylic acids is 4. The molecule has 8 heteroatoms. The van der Waals surface area contributed by atoms with E-state index in [1.165, 1.54) is 19.3 Å². The molecule has 1 aromatic rings. The predicted octanol–water partition coefficient (Wildman–Crippen LogP) is 0.662. The summed E-state index contributed by atoms with van der Waals surface area (Å²) in [6, 6.07) is 4.45. The minimum atomic E-state index is -0.927. The van der Waals surface area contributed by atoms with Crippen LogP contribution in [0.25, 0.3) is 0 Å². The minimum Gasteiger partial charge on any atom is -0.315 e. The van der Waals surface area contributed by atoms with Crippen molar-refractivity contribution in [2.45, 2.75) is 50.2 Å². The molecule has 2 bridgehead atoms. The van der Waals surface area contributed by atoms with Gasteiger partial charge in [0, 0.05) is 25.0 Å². The maximum atomic E-state index is 13.0. The zero-order valence-electron chi connectivity index (χ0n) is 17.1. The maximum absolute atomic E-state index is 13.0. The number of carbonyl (C=O) groups is 4. The van der Waals surface area contributed by atoms with Gasteiger partial charge in [-0.25, -0.2) is 0 Å². The van der Waals surface area contributed by atoms with Crippen molar-refractivity contribution in [2.24, 2.45) is 5.92 Å². The van der Waals surface area contributed by atoms with Gasteiger partial charge in [-0.05, 0) is 62.9 Å². The van der Waals surface area contributed by atoms with Crippen molar-refractivity contribution in [3.63, 3.8) is 0 Å². The van der Waals surface area contributed by atoms with Crippen LogP contribution >= 0.6 is 0 Å². The number of nitrogens with zero attached hydrogens (tertiary/aromatic N) is 2. The number of rotatable bonds is 4. The molecule has 8 nitrogen and oxygen atoms in total. The number of piperidine rings is 2. The Kier molecular flexibility index (Phi) is 4.52. The Balaban J connectivity index is 1.36. The molecule has 3 unspecified atom stereocenters. The lowest BCUT2D eigenvalue weighted by Gasteiger charge is -2.42. The number of amides is 4. The fourth-order valence-corrected chi connectivity index (χ4v) is 5.60. The number of fused-ring (bicyclic) bond motifs is 3. The third-order valence-corrected chi connectivity index (χ3v) is 7.31. The van der Waals surface area contributed by atoms with E-state index in [4.69, 9.17) is 0 Å². The Morgan fingerprint density at radius 1 is 1.13 bits per heavy atom. The largest absolute Gasteiger partial charge is 0.315 e. The second kappa shape index (κ2) is 6.99. The Bertz CT molecular complexity index is 956. The summed E-state index contributed by atoms with van der Waals surface area (Å²) in [7, 11) is 2.13. The Morgan fingerprint density at radius 3 is 2.73 bits per heavy atom. The molecule has 0 spiro atoms. The first-order valence-corrected chi connectivity index (χ1v) is 10.6.